The number of hydrogen-bond acceptors (Lipinski definition) is 2. The molecule has 3 rings (SSSR count). The lowest BCUT2D eigenvalue weighted by molar-refractivity contribution is -0.137. The lowest BCUT2D eigenvalue weighted by Gasteiger charge is -2.12. The molecule has 3 aromatic rings. The molecule has 0 aliphatic rings. The van der Waals surface area contributed by atoms with Crippen LogP contribution in [0.5, 0.6) is 0 Å². The zero-order chi connectivity index (χ0) is 18.9. The zero-order valence-corrected chi connectivity index (χ0v) is 13.8. The Morgan fingerprint density at radius 1 is 1.08 bits per heavy atom. The quantitative estimate of drug-likeness (QED) is 0.768. The second-order valence-electron chi connectivity index (χ2n) is 5.95. The normalized spacial score (nSPS) is 11.5. The number of rotatable bonds is 3. The lowest BCUT2D eigenvalue weighted by atomic mass is 10.1. The number of nitrogens with one attached hydrogen (secondary N) is 1. The molecule has 4 nitrogen and oxygen atoms in total. The molecule has 0 saturated heterocycles. The standard InChI is InChI=1S/C19H15F3N2O2/c1-12-2-7-16-15(10-12)17(25)8-9-24(16)11-18(26)23-14-5-3-13(4-6-14)19(20,21)22/h2-10H,11H2,1H3,(H,23,26). The van der Waals surface area contributed by atoms with E-state index in [1.165, 1.54) is 24.4 Å². The summed E-state index contributed by atoms with van der Waals surface area (Å²) < 4.78 is 39.3. The summed E-state index contributed by atoms with van der Waals surface area (Å²) in [6.07, 6.45) is -2.90. The number of carbonyl (C=O) groups is 1. The van der Waals surface area contributed by atoms with Gasteiger partial charge >= 0.3 is 6.18 Å². The third-order valence-electron chi connectivity index (χ3n) is 3.94. The molecule has 0 atom stereocenters. The van der Waals surface area contributed by atoms with Crippen LogP contribution >= 0.6 is 0 Å². The van der Waals surface area contributed by atoms with Gasteiger partial charge in [0.05, 0.1) is 11.1 Å². The molecule has 0 radical (unpaired) electrons. The molecular weight excluding hydrogens is 345 g/mol. The van der Waals surface area contributed by atoms with Gasteiger partial charge in [-0.3, -0.25) is 9.59 Å². The SMILES string of the molecule is Cc1ccc2c(c1)c(=O)ccn2CC(=O)Nc1ccc(C(F)(F)F)cc1. The van der Waals surface area contributed by atoms with Gasteiger partial charge in [0, 0.05) is 23.3 Å². The first kappa shape index (κ1) is 17.7. The summed E-state index contributed by atoms with van der Waals surface area (Å²) in [5.74, 6) is -0.407. The first-order valence-corrected chi connectivity index (χ1v) is 7.81. The molecule has 0 unspecified atom stereocenters. The van der Waals surface area contributed by atoms with Crippen LogP contribution in [0.4, 0.5) is 18.9 Å². The molecule has 0 aliphatic carbocycles. The smallest absolute Gasteiger partial charge is 0.338 e. The molecule has 26 heavy (non-hydrogen) atoms. The maximum atomic E-state index is 12.6. The number of fused-ring (bicyclic) bond motifs is 1. The Morgan fingerprint density at radius 2 is 1.77 bits per heavy atom. The molecule has 1 aromatic heterocycles. The summed E-state index contributed by atoms with van der Waals surface area (Å²) >= 11 is 0. The third-order valence-corrected chi connectivity index (χ3v) is 3.94. The number of nitrogens with zero attached hydrogens (tertiary/aromatic N) is 1. The average Bonchev–Trinajstić information content (AvgIpc) is 2.57. The largest absolute Gasteiger partial charge is 0.416 e. The van der Waals surface area contributed by atoms with Crippen LogP contribution in [0.1, 0.15) is 11.1 Å². The zero-order valence-electron chi connectivity index (χ0n) is 13.8. The van der Waals surface area contributed by atoms with Gasteiger partial charge in [-0.2, -0.15) is 13.2 Å². The molecule has 0 saturated carbocycles. The Hall–Kier alpha value is -3.09. The third kappa shape index (κ3) is 3.77. The number of aryl methyl sites for hydroxylation is 1. The minimum absolute atomic E-state index is 0.0686. The van der Waals surface area contributed by atoms with E-state index in [-0.39, 0.29) is 17.7 Å². The highest BCUT2D eigenvalue weighted by Gasteiger charge is 2.29. The summed E-state index contributed by atoms with van der Waals surface area (Å²) in [6, 6.07) is 11.0. The van der Waals surface area contributed by atoms with E-state index >= 15 is 0 Å². The minimum atomic E-state index is -4.42. The summed E-state index contributed by atoms with van der Waals surface area (Å²) in [5.41, 5.74) is 0.900. The number of hydrogen-bond donors (Lipinski definition) is 1. The fourth-order valence-electron chi connectivity index (χ4n) is 2.66. The molecule has 0 spiro atoms. The van der Waals surface area contributed by atoms with E-state index in [0.29, 0.717) is 10.9 Å². The fourth-order valence-corrected chi connectivity index (χ4v) is 2.66. The van der Waals surface area contributed by atoms with Gasteiger partial charge in [0.1, 0.15) is 6.54 Å². The first-order valence-electron chi connectivity index (χ1n) is 7.81. The Bertz CT molecular complexity index is 1020. The summed E-state index contributed by atoms with van der Waals surface area (Å²) in [6.45, 7) is 1.80. The highest BCUT2D eigenvalue weighted by atomic mass is 19.4. The van der Waals surface area contributed by atoms with Crippen molar-refractivity contribution in [1.82, 2.24) is 4.57 Å². The number of pyridine rings is 1. The van der Waals surface area contributed by atoms with Gasteiger partial charge in [0.2, 0.25) is 5.91 Å². The molecular formula is C19H15F3N2O2. The molecule has 0 bridgehead atoms. The van der Waals surface area contributed by atoms with E-state index in [9.17, 15) is 22.8 Å². The van der Waals surface area contributed by atoms with Crippen LogP contribution in [0.3, 0.4) is 0 Å². The van der Waals surface area contributed by atoms with Crippen molar-refractivity contribution in [1.29, 1.82) is 0 Å². The number of benzene rings is 2. The highest BCUT2D eigenvalue weighted by molar-refractivity contribution is 5.91. The van der Waals surface area contributed by atoms with Crippen LogP contribution in [0, 0.1) is 6.92 Å². The van der Waals surface area contributed by atoms with Crippen LogP contribution in [0.25, 0.3) is 10.9 Å². The predicted molar refractivity (Wildman–Crippen MR) is 93.0 cm³/mol. The first-order chi connectivity index (χ1) is 12.2. The van der Waals surface area contributed by atoms with Crippen molar-refractivity contribution in [2.75, 3.05) is 5.32 Å². The number of amides is 1. The molecule has 1 heterocycles. The molecule has 1 N–H and O–H groups in total. The van der Waals surface area contributed by atoms with E-state index in [1.54, 1.807) is 16.7 Å². The van der Waals surface area contributed by atoms with E-state index in [0.717, 1.165) is 17.7 Å². The molecule has 134 valence electrons. The van der Waals surface area contributed by atoms with Crippen molar-refractivity contribution in [2.45, 2.75) is 19.6 Å². The molecule has 0 aliphatic heterocycles. The van der Waals surface area contributed by atoms with Crippen molar-refractivity contribution in [3.8, 4) is 0 Å². The average molecular weight is 360 g/mol. The number of anilines is 1. The lowest BCUT2D eigenvalue weighted by Crippen LogP contribution is -2.20. The van der Waals surface area contributed by atoms with Gasteiger partial charge < -0.3 is 9.88 Å². The molecule has 0 fully saturated rings. The number of aromatic nitrogens is 1. The van der Waals surface area contributed by atoms with Crippen molar-refractivity contribution >= 4 is 22.5 Å². The van der Waals surface area contributed by atoms with Crippen LogP contribution in [0.2, 0.25) is 0 Å². The Labute approximate surface area is 146 Å². The van der Waals surface area contributed by atoms with Gasteiger partial charge in [-0.15, -0.1) is 0 Å². The van der Waals surface area contributed by atoms with Crippen molar-refractivity contribution in [3.05, 3.63) is 76.1 Å². The fraction of sp³-hybridized carbons (Fsp3) is 0.158. The van der Waals surface area contributed by atoms with E-state index < -0.39 is 17.6 Å². The number of carbonyl (C=O) groups excluding carboxylic acids is 1. The van der Waals surface area contributed by atoms with Crippen molar-refractivity contribution < 1.29 is 18.0 Å². The van der Waals surface area contributed by atoms with E-state index in [2.05, 4.69) is 5.32 Å². The minimum Gasteiger partial charge on any atom is -0.338 e. The number of halogens is 3. The second kappa shape index (κ2) is 6.67. The van der Waals surface area contributed by atoms with Crippen LogP contribution < -0.4 is 10.7 Å². The van der Waals surface area contributed by atoms with Gasteiger partial charge in [-0.05, 0) is 43.3 Å². The van der Waals surface area contributed by atoms with E-state index in [4.69, 9.17) is 0 Å². The Balaban J connectivity index is 1.79. The molecule has 7 heteroatoms. The second-order valence-corrected chi connectivity index (χ2v) is 5.95. The van der Waals surface area contributed by atoms with Crippen LogP contribution in [-0.2, 0) is 17.5 Å². The van der Waals surface area contributed by atoms with Gasteiger partial charge in [-0.1, -0.05) is 11.6 Å². The Morgan fingerprint density at radius 3 is 2.42 bits per heavy atom. The maximum Gasteiger partial charge on any atom is 0.416 e. The van der Waals surface area contributed by atoms with Crippen LogP contribution in [0.15, 0.2) is 59.5 Å². The maximum absolute atomic E-state index is 12.6. The predicted octanol–water partition coefficient (Wildman–Crippen LogP) is 3.97. The van der Waals surface area contributed by atoms with Crippen LogP contribution in [-0.4, -0.2) is 10.5 Å². The summed E-state index contributed by atoms with van der Waals surface area (Å²) in [7, 11) is 0. The Kier molecular flexibility index (Phi) is 4.54. The monoisotopic (exact) mass is 360 g/mol. The molecule has 2 aromatic carbocycles. The van der Waals surface area contributed by atoms with Gasteiger partial charge in [-0.25, -0.2) is 0 Å². The highest BCUT2D eigenvalue weighted by Crippen LogP contribution is 2.29. The van der Waals surface area contributed by atoms with Crippen molar-refractivity contribution in [2.24, 2.45) is 0 Å². The van der Waals surface area contributed by atoms with Crippen molar-refractivity contribution in [3.63, 3.8) is 0 Å². The number of alkyl halides is 3. The summed E-state index contributed by atoms with van der Waals surface area (Å²) in [5, 5.41) is 3.06. The van der Waals surface area contributed by atoms with E-state index in [1.807, 2.05) is 13.0 Å². The van der Waals surface area contributed by atoms with Gasteiger partial charge in [0.25, 0.3) is 0 Å². The topological polar surface area (TPSA) is 51.1 Å². The molecule has 1 amide bonds. The summed E-state index contributed by atoms with van der Waals surface area (Å²) in [4.78, 5) is 24.2. The van der Waals surface area contributed by atoms with Gasteiger partial charge in [0.15, 0.2) is 5.43 Å².